The van der Waals surface area contributed by atoms with Gasteiger partial charge in [-0.1, -0.05) is 24.3 Å². The maximum absolute atomic E-state index is 5.58. The van der Waals surface area contributed by atoms with Crippen molar-refractivity contribution in [2.45, 2.75) is 19.8 Å². The normalized spacial score (nSPS) is 10.5. The van der Waals surface area contributed by atoms with Crippen molar-refractivity contribution < 1.29 is 0 Å². The first-order valence-electron chi connectivity index (χ1n) is 5.00. The third-order valence-corrected chi connectivity index (χ3v) is 3.20. The van der Waals surface area contributed by atoms with Gasteiger partial charge >= 0.3 is 0 Å². The van der Waals surface area contributed by atoms with Gasteiger partial charge in [0.2, 0.25) is 0 Å². The zero-order valence-corrected chi connectivity index (χ0v) is 9.55. The van der Waals surface area contributed by atoms with Crippen molar-refractivity contribution in [1.29, 1.82) is 0 Å². The second-order valence-electron chi connectivity index (χ2n) is 3.60. The highest BCUT2D eigenvalue weighted by atomic mass is 32.1. The molecule has 0 aliphatic carbocycles. The van der Waals surface area contributed by atoms with Crippen LogP contribution in [0.15, 0.2) is 29.6 Å². The summed E-state index contributed by atoms with van der Waals surface area (Å²) in [6.07, 6.45) is 2.01. The van der Waals surface area contributed by atoms with E-state index in [2.05, 4.69) is 36.2 Å². The van der Waals surface area contributed by atoms with E-state index in [4.69, 9.17) is 5.73 Å². The molecule has 0 radical (unpaired) electrons. The van der Waals surface area contributed by atoms with E-state index in [1.165, 1.54) is 22.5 Å². The smallest absolute Gasteiger partial charge is 0.180 e. The summed E-state index contributed by atoms with van der Waals surface area (Å²) in [4.78, 5) is 4.25. The second-order valence-corrected chi connectivity index (χ2v) is 4.49. The third kappa shape index (κ3) is 2.57. The van der Waals surface area contributed by atoms with Crippen LogP contribution in [-0.4, -0.2) is 4.98 Å². The Morgan fingerprint density at radius 1 is 1.27 bits per heavy atom. The molecule has 2 N–H and O–H groups in total. The van der Waals surface area contributed by atoms with Gasteiger partial charge in [-0.2, -0.15) is 0 Å². The maximum Gasteiger partial charge on any atom is 0.180 e. The van der Waals surface area contributed by atoms with Crippen molar-refractivity contribution >= 4 is 16.5 Å². The van der Waals surface area contributed by atoms with Gasteiger partial charge in [-0.05, 0) is 30.9 Å². The quantitative estimate of drug-likeness (QED) is 0.860. The summed E-state index contributed by atoms with van der Waals surface area (Å²) in [5, 5.41) is 2.70. The fourth-order valence-corrected chi connectivity index (χ4v) is 2.19. The summed E-state index contributed by atoms with van der Waals surface area (Å²) in [7, 11) is 0. The molecule has 1 aromatic heterocycles. The average Bonchev–Trinajstić information content (AvgIpc) is 2.63. The highest BCUT2D eigenvalue weighted by Crippen LogP contribution is 2.15. The minimum absolute atomic E-state index is 0.662. The van der Waals surface area contributed by atoms with Crippen LogP contribution < -0.4 is 5.73 Å². The van der Waals surface area contributed by atoms with Crippen LogP contribution in [-0.2, 0) is 12.8 Å². The van der Waals surface area contributed by atoms with E-state index in [-0.39, 0.29) is 0 Å². The number of aromatic nitrogens is 1. The maximum atomic E-state index is 5.58. The van der Waals surface area contributed by atoms with E-state index < -0.39 is 0 Å². The Hall–Kier alpha value is -1.35. The molecule has 0 saturated heterocycles. The first kappa shape index (κ1) is 10.2. The monoisotopic (exact) mass is 218 g/mol. The standard InChI is InChI=1S/C12H14N2S/c1-9-4-2-3-5-10(9)6-7-11-8-15-12(13)14-11/h2-5,8H,6-7H2,1H3,(H2,13,14). The summed E-state index contributed by atoms with van der Waals surface area (Å²) in [6.45, 7) is 2.14. The van der Waals surface area contributed by atoms with Gasteiger partial charge in [0.05, 0.1) is 5.69 Å². The van der Waals surface area contributed by atoms with Gasteiger partial charge in [-0.3, -0.25) is 0 Å². The third-order valence-electron chi connectivity index (χ3n) is 2.48. The molecular formula is C12H14N2S. The van der Waals surface area contributed by atoms with Crippen LogP contribution in [0.2, 0.25) is 0 Å². The molecule has 2 rings (SSSR count). The van der Waals surface area contributed by atoms with Gasteiger partial charge in [0.15, 0.2) is 5.13 Å². The fraction of sp³-hybridized carbons (Fsp3) is 0.250. The molecule has 78 valence electrons. The number of benzene rings is 1. The Kier molecular flexibility index (Phi) is 3.02. The molecule has 1 aromatic carbocycles. The van der Waals surface area contributed by atoms with E-state index in [1.807, 2.05) is 5.38 Å². The molecule has 0 atom stereocenters. The number of nitrogens with zero attached hydrogens (tertiary/aromatic N) is 1. The largest absolute Gasteiger partial charge is 0.375 e. The molecular weight excluding hydrogens is 204 g/mol. The van der Waals surface area contributed by atoms with E-state index in [0.717, 1.165) is 18.5 Å². The second kappa shape index (κ2) is 4.45. The van der Waals surface area contributed by atoms with E-state index in [0.29, 0.717) is 5.13 Å². The number of anilines is 1. The van der Waals surface area contributed by atoms with E-state index >= 15 is 0 Å². The molecule has 0 amide bonds. The molecule has 0 aliphatic rings. The van der Waals surface area contributed by atoms with Crippen LogP contribution in [0.5, 0.6) is 0 Å². The Morgan fingerprint density at radius 2 is 2.07 bits per heavy atom. The molecule has 0 fully saturated rings. The van der Waals surface area contributed by atoms with Gasteiger partial charge < -0.3 is 5.73 Å². The van der Waals surface area contributed by atoms with Gasteiger partial charge in [0.1, 0.15) is 0 Å². The average molecular weight is 218 g/mol. The Balaban J connectivity index is 2.02. The lowest BCUT2D eigenvalue weighted by Crippen LogP contribution is -1.94. The number of nitrogen functional groups attached to an aromatic ring is 1. The fourth-order valence-electron chi connectivity index (χ4n) is 1.59. The Labute approximate surface area is 93.8 Å². The molecule has 1 heterocycles. The molecule has 0 spiro atoms. The summed E-state index contributed by atoms with van der Waals surface area (Å²) >= 11 is 1.51. The van der Waals surface area contributed by atoms with Gasteiger partial charge in [-0.25, -0.2) is 4.98 Å². The lowest BCUT2D eigenvalue weighted by atomic mass is 10.0. The molecule has 2 nitrogen and oxygen atoms in total. The lowest BCUT2D eigenvalue weighted by Gasteiger charge is -2.03. The van der Waals surface area contributed by atoms with E-state index in [9.17, 15) is 0 Å². The van der Waals surface area contributed by atoms with Crippen molar-refractivity contribution in [3.8, 4) is 0 Å². The van der Waals surface area contributed by atoms with Crippen LogP contribution in [0.25, 0.3) is 0 Å². The lowest BCUT2D eigenvalue weighted by molar-refractivity contribution is 0.919. The Morgan fingerprint density at radius 3 is 2.73 bits per heavy atom. The highest BCUT2D eigenvalue weighted by Gasteiger charge is 2.01. The van der Waals surface area contributed by atoms with Gasteiger partial charge in [0.25, 0.3) is 0 Å². The van der Waals surface area contributed by atoms with Crippen molar-refractivity contribution in [3.63, 3.8) is 0 Å². The predicted molar refractivity (Wildman–Crippen MR) is 65.1 cm³/mol. The van der Waals surface area contributed by atoms with Crippen molar-refractivity contribution in [2.24, 2.45) is 0 Å². The number of thiazole rings is 1. The zero-order valence-electron chi connectivity index (χ0n) is 8.73. The van der Waals surface area contributed by atoms with Crippen molar-refractivity contribution in [1.82, 2.24) is 4.98 Å². The minimum atomic E-state index is 0.662. The predicted octanol–water partition coefficient (Wildman–Crippen LogP) is 2.82. The summed E-state index contributed by atoms with van der Waals surface area (Å²) in [5.41, 5.74) is 9.42. The number of hydrogen-bond donors (Lipinski definition) is 1. The first-order chi connectivity index (χ1) is 7.25. The molecule has 0 bridgehead atoms. The molecule has 0 saturated carbocycles. The van der Waals surface area contributed by atoms with Crippen LogP contribution in [0, 0.1) is 6.92 Å². The van der Waals surface area contributed by atoms with Crippen LogP contribution >= 0.6 is 11.3 Å². The minimum Gasteiger partial charge on any atom is -0.375 e. The molecule has 3 heteroatoms. The number of rotatable bonds is 3. The van der Waals surface area contributed by atoms with E-state index in [1.54, 1.807) is 0 Å². The molecule has 0 aliphatic heterocycles. The Bertz CT molecular complexity index is 448. The summed E-state index contributed by atoms with van der Waals surface area (Å²) in [5.74, 6) is 0. The number of hydrogen-bond acceptors (Lipinski definition) is 3. The molecule has 15 heavy (non-hydrogen) atoms. The molecule has 2 aromatic rings. The summed E-state index contributed by atoms with van der Waals surface area (Å²) in [6, 6.07) is 8.47. The zero-order chi connectivity index (χ0) is 10.7. The molecule has 0 unspecified atom stereocenters. The van der Waals surface area contributed by atoms with Crippen molar-refractivity contribution in [2.75, 3.05) is 5.73 Å². The topological polar surface area (TPSA) is 38.9 Å². The van der Waals surface area contributed by atoms with Gasteiger partial charge in [-0.15, -0.1) is 11.3 Å². The van der Waals surface area contributed by atoms with Gasteiger partial charge in [0, 0.05) is 5.38 Å². The first-order valence-corrected chi connectivity index (χ1v) is 5.88. The van der Waals surface area contributed by atoms with Crippen molar-refractivity contribution in [3.05, 3.63) is 46.5 Å². The van der Waals surface area contributed by atoms with Crippen LogP contribution in [0.4, 0.5) is 5.13 Å². The van der Waals surface area contributed by atoms with Crippen LogP contribution in [0.3, 0.4) is 0 Å². The summed E-state index contributed by atoms with van der Waals surface area (Å²) < 4.78 is 0. The number of aryl methyl sites for hydroxylation is 3. The highest BCUT2D eigenvalue weighted by molar-refractivity contribution is 7.13. The number of nitrogens with two attached hydrogens (primary N) is 1. The van der Waals surface area contributed by atoms with Crippen LogP contribution in [0.1, 0.15) is 16.8 Å². The SMILES string of the molecule is Cc1ccccc1CCc1csc(N)n1.